The highest BCUT2D eigenvalue weighted by Crippen LogP contribution is 2.28. The highest BCUT2D eigenvalue weighted by molar-refractivity contribution is 6.04. The van der Waals surface area contributed by atoms with Crippen LogP contribution in [0, 0.1) is 0 Å². The van der Waals surface area contributed by atoms with Gasteiger partial charge in [0.25, 0.3) is 5.95 Å². The number of nitrogens with one attached hydrogen (secondary N) is 1. The molecular weight excluding hydrogens is 400 g/mol. The fourth-order valence-corrected chi connectivity index (χ4v) is 4.05. The van der Waals surface area contributed by atoms with E-state index in [2.05, 4.69) is 62.5 Å². The summed E-state index contributed by atoms with van der Waals surface area (Å²) in [6, 6.07) is 20.4. The van der Waals surface area contributed by atoms with E-state index in [-0.39, 0.29) is 0 Å². The van der Waals surface area contributed by atoms with Gasteiger partial charge in [0.2, 0.25) is 0 Å². The standard InChI is InChI=1S/C25H24N6O/c1-3-15-31-21-12-8-7-11-19(21)23-24(31)27-25(30-28-23)29-26-16-20-18-10-6-5-9-17(18)13-14-22(20)32-4-2/h5-14,16H,3-4,15H2,1-2H3,(H,27,29,30)/b26-16+. The Labute approximate surface area is 185 Å². The molecular formula is C25H24N6O. The Bertz CT molecular complexity index is 1440. The minimum absolute atomic E-state index is 0.354. The monoisotopic (exact) mass is 424 g/mol. The molecule has 0 bridgehead atoms. The largest absolute Gasteiger partial charge is 0.493 e. The van der Waals surface area contributed by atoms with E-state index < -0.39 is 0 Å². The second kappa shape index (κ2) is 8.63. The molecule has 0 saturated heterocycles. The second-order valence-corrected chi connectivity index (χ2v) is 7.48. The molecule has 5 aromatic rings. The van der Waals surface area contributed by atoms with E-state index in [9.17, 15) is 0 Å². The predicted molar refractivity (Wildman–Crippen MR) is 129 cm³/mol. The van der Waals surface area contributed by atoms with Crippen molar-refractivity contribution in [2.24, 2.45) is 5.10 Å². The van der Waals surface area contributed by atoms with Crippen molar-refractivity contribution >= 4 is 45.0 Å². The van der Waals surface area contributed by atoms with Gasteiger partial charge in [-0.25, -0.2) is 5.43 Å². The van der Waals surface area contributed by atoms with Gasteiger partial charge in [-0.05, 0) is 36.2 Å². The van der Waals surface area contributed by atoms with E-state index in [0.29, 0.717) is 12.6 Å². The van der Waals surface area contributed by atoms with Gasteiger partial charge in [-0.15, -0.1) is 10.2 Å². The highest BCUT2D eigenvalue weighted by Gasteiger charge is 2.14. The lowest BCUT2D eigenvalue weighted by molar-refractivity contribution is 0.340. The van der Waals surface area contributed by atoms with Gasteiger partial charge in [-0.2, -0.15) is 10.1 Å². The maximum Gasteiger partial charge on any atom is 0.265 e. The molecule has 7 nitrogen and oxygen atoms in total. The minimum Gasteiger partial charge on any atom is -0.493 e. The Morgan fingerprint density at radius 1 is 0.969 bits per heavy atom. The first-order valence-corrected chi connectivity index (χ1v) is 10.9. The molecule has 32 heavy (non-hydrogen) atoms. The summed E-state index contributed by atoms with van der Waals surface area (Å²) in [4.78, 5) is 4.72. The van der Waals surface area contributed by atoms with Gasteiger partial charge in [-0.1, -0.05) is 55.5 Å². The number of hydrazone groups is 1. The maximum absolute atomic E-state index is 5.82. The van der Waals surface area contributed by atoms with E-state index >= 15 is 0 Å². The molecule has 0 aliphatic carbocycles. The van der Waals surface area contributed by atoms with Gasteiger partial charge < -0.3 is 9.30 Å². The summed E-state index contributed by atoms with van der Waals surface area (Å²) < 4.78 is 8.00. The zero-order chi connectivity index (χ0) is 21.9. The molecule has 0 unspecified atom stereocenters. The number of ether oxygens (including phenoxy) is 1. The van der Waals surface area contributed by atoms with Crippen molar-refractivity contribution in [2.75, 3.05) is 12.0 Å². The highest BCUT2D eigenvalue weighted by atomic mass is 16.5. The van der Waals surface area contributed by atoms with Crippen molar-refractivity contribution in [3.63, 3.8) is 0 Å². The number of fused-ring (bicyclic) bond motifs is 4. The Morgan fingerprint density at radius 3 is 2.62 bits per heavy atom. The quantitative estimate of drug-likeness (QED) is 0.280. The minimum atomic E-state index is 0.354. The van der Waals surface area contributed by atoms with Crippen molar-refractivity contribution < 1.29 is 4.74 Å². The van der Waals surface area contributed by atoms with E-state index in [0.717, 1.165) is 57.1 Å². The van der Waals surface area contributed by atoms with Crippen LogP contribution in [0.4, 0.5) is 5.95 Å². The molecule has 7 heteroatoms. The lowest BCUT2D eigenvalue weighted by Gasteiger charge is -2.10. The maximum atomic E-state index is 5.82. The molecule has 3 aromatic carbocycles. The van der Waals surface area contributed by atoms with Crippen LogP contribution in [0.2, 0.25) is 0 Å². The van der Waals surface area contributed by atoms with E-state index in [4.69, 9.17) is 9.72 Å². The number of hydrogen-bond acceptors (Lipinski definition) is 6. The first-order chi connectivity index (χ1) is 15.8. The molecule has 0 saturated carbocycles. The van der Waals surface area contributed by atoms with Crippen molar-refractivity contribution in [1.82, 2.24) is 19.7 Å². The van der Waals surface area contributed by atoms with Crippen LogP contribution in [-0.2, 0) is 6.54 Å². The van der Waals surface area contributed by atoms with Gasteiger partial charge in [0.05, 0.1) is 18.3 Å². The molecule has 1 N–H and O–H groups in total. The van der Waals surface area contributed by atoms with Crippen molar-refractivity contribution in [1.29, 1.82) is 0 Å². The zero-order valence-corrected chi connectivity index (χ0v) is 18.1. The second-order valence-electron chi connectivity index (χ2n) is 7.48. The molecule has 0 aliphatic rings. The van der Waals surface area contributed by atoms with Crippen LogP contribution in [0.25, 0.3) is 32.8 Å². The van der Waals surface area contributed by atoms with Crippen LogP contribution in [0.3, 0.4) is 0 Å². The third kappa shape index (κ3) is 3.51. The van der Waals surface area contributed by atoms with Crippen LogP contribution >= 0.6 is 0 Å². The molecule has 2 aromatic heterocycles. The molecule has 0 amide bonds. The Hall–Kier alpha value is -4.00. The van der Waals surface area contributed by atoms with E-state index in [1.165, 1.54) is 0 Å². The van der Waals surface area contributed by atoms with E-state index in [1.807, 2.05) is 37.3 Å². The fourth-order valence-electron chi connectivity index (χ4n) is 4.05. The molecule has 0 fully saturated rings. The molecule has 5 rings (SSSR count). The smallest absolute Gasteiger partial charge is 0.265 e. The van der Waals surface area contributed by atoms with E-state index in [1.54, 1.807) is 6.21 Å². The number of rotatable bonds is 7. The summed E-state index contributed by atoms with van der Waals surface area (Å²) in [5.74, 6) is 1.14. The summed E-state index contributed by atoms with van der Waals surface area (Å²) >= 11 is 0. The van der Waals surface area contributed by atoms with Crippen molar-refractivity contribution in [3.05, 3.63) is 66.2 Å². The van der Waals surface area contributed by atoms with Gasteiger partial charge in [0.1, 0.15) is 11.3 Å². The van der Waals surface area contributed by atoms with Crippen LogP contribution in [0.1, 0.15) is 25.8 Å². The molecule has 0 spiro atoms. The van der Waals surface area contributed by atoms with Crippen LogP contribution in [0.15, 0.2) is 65.8 Å². The number of aromatic nitrogens is 4. The third-order valence-electron chi connectivity index (χ3n) is 5.41. The number of benzene rings is 3. The normalized spacial score (nSPS) is 11.7. The number of aryl methyl sites for hydroxylation is 1. The molecule has 160 valence electrons. The van der Waals surface area contributed by atoms with Gasteiger partial charge in [0, 0.05) is 17.5 Å². The lowest BCUT2D eigenvalue weighted by atomic mass is 10.0. The number of anilines is 1. The average molecular weight is 425 g/mol. The number of nitrogens with zero attached hydrogens (tertiary/aromatic N) is 5. The lowest BCUT2D eigenvalue weighted by Crippen LogP contribution is -2.03. The summed E-state index contributed by atoms with van der Waals surface area (Å²) in [7, 11) is 0. The van der Waals surface area contributed by atoms with Crippen molar-refractivity contribution in [2.45, 2.75) is 26.8 Å². The fraction of sp³-hybridized carbons (Fsp3) is 0.200. The van der Waals surface area contributed by atoms with Crippen molar-refractivity contribution in [3.8, 4) is 5.75 Å². The van der Waals surface area contributed by atoms with Crippen LogP contribution < -0.4 is 10.2 Å². The first kappa shape index (κ1) is 19.9. The summed E-state index contributed by atoms with van der Waals surface area (Å²) in [6.07, 6.45) is 2.75. The summed E-state index contributed by atoms with van der Waals surface area (Å²) in [5.41, 5.74) is 6.58. The van der Waals surface area contributed by atoms with Gasteiger partial charge in [0.15, 0.2) is 5.65 Å². The number of hydrogen-bond donors (Lipinski definition) is 1. The zero-order valence-electron chi connectivity index (χ0n) is 18.1. The van der Waals surface area contributed by atoms with Crippen LogP contribution in [0.5, 0.6) is 5.75 Å². The Morgan fingerprint density at radius 2 is 1.78 bits per heavy atom. The molecule has 0 aliphatic heterocycles. The SMILES string of the molecule is CCCn1c2ccccc2c2nnc(N/N=C/c3c(OCC)ccc4ccccc34)nc21. The van der Waals surface area contributed by atoms with Gasteiger partial charge in [-0.3, -0.25) is 0 Å². The third-order valence-corrected chi connectivity index (χ3v) is 5.41. The van der Waals surface area contributed by atoms with Gasteiger partial charge >= 0.3 is 0 Å². The summed E-state index contributed by atoms with van der Waals surface area (Å²) in [5, 5.41) is 16.4. The average Bonchev–Trinajstić information content (AvgIpc) is 3.14. The summed E-state index contributed by atoms with van der Waals surface area (Å²) in [6.45, 7) is 5.56. The van der Waals surface area contributed by atoms with Crippen LogP contribution in [-0.4, -0.2) is 32.6 Å². The number of para-hydroxylation sites is 1. The first-order valence-electron chi connectivity index (χ1n) is 10.9. The molecule has 0 atom stereocenters. The topological polar surface area (TPSA) is 77.2 Å². The molecule has 0 radical (unpaired) electrons. The Kier molecular flexibility index (Phi) is 5.37. The Balaban J connectivity index is 1.51. The predicted octanol–water partition coefficient (Wildman–Crippen LogP) is 5.39. The molecule has 2 heterocycles.